The zero-order valence-electron chi connectivity index (χ0n) is 25.7. The zero-order chi connectivity index (χ0) is 30.6. The molecule has 0 bridgehead atoms. The Kier molecular flexibility index (Phi) is 11.2. The Hall–Kier alpha value is -3.60. The van der Waals surface area contributed by atoms with Gasteiger partial charge >= 0.3 is 5.97 Å². The number of halogens is 1. The molecule has 0 saturated carbocycles. The van der Waals surface area contributed by atoms with Gasteiger partial charge in [-0.05, 0) is 60.9 Å². The number of carbonyl (C=O) groups excluding carboxylic acids is 2. The van der Waals surface area contributed by atoms with Crippen molar-refractivity contribution in [1.82, 2.24) is 10.2 Å². The summed E-state index contributed by atoms with van der Waals surface area (Å²) >= 11 is 0. The van der Waals surface area contributed by atoms with E-state index in [0.717, 1.165) is 48.3 Å². The van der Waals surface area contributed by atoms with Gasteiger partial charge in [0, 0.05) is 44.2 Å². The lowest BCUT2D eigenvalue weighted by Crippen LogP contribution is -2.30. The second-order valence-electron chi connectivity index (χ2n) is 11.9. The number of amidine groups is 1. The van der Waals surface area contributed by atoms with Crippen LogP contribution in [0, 0.1) is 5.41 Å². The van der Waals surface area contributed by atoms with Crippen molar-refractivity contribution < 1.29 is 29.0 Å². The fourth-order valence-electron chi connectivity index (χ4n) is 5.58. The monoisotopic (exact) mass is 658 g/mol. The first kappa shape index (κ1) is 33.9. The van der Waals surface area contributed by atoms with Gasteiger partial charge in [0.2, 0.25) is 0 Å². The van der Waals surface area contributed by atoms with Crippen molar-refractivity contribution in [2.24, 2.45) is 0 Å². The summed E-state index contributed by atoms with van der Waals surface area (Å²) in [7, 11) is 1.55. The summed E-state index contributed by atoms with van der Waals surface area (Å²) in [5.41, 5.74) is 4.36. The Bertz CT molecular complexity index is 1380. The second-order valence-corrected chi connectivity index (χ2v) is 11.9. The summed E-state index contributed by atoms with van der Waals surface area (Å²) in [6.07, 6.45) is 2.94. The first-order valence-electron chi connectivity index (χ1n) is 14.6. The normalized spacial score (nSPS) is 14.3. The summed E-state index contributed by atoms with van der Waals surface area (Å²) in [6, 6.07) is 7.54. The van der Waals surface area contributed by atoms with Crippen molar-refractivity contribution >= 4 is 46.2 Å². The molecule has 0 radical (unpaired) electrons. The number of carboxylic acids is 1. The van der Waals surface area contributed by atoms with Gasteiger partial charge in [-0.1, -0.05) is 26.8 Å². The highest BCUT2D eigenvalue weighted by molar-refractivity contribution is 8.93. The molecule has 4 rings (SSSR count). The lowest BCUT2D eigenvalue weighted by atomic mass is 9.84. The fraction of sp³-hybridized carbons (Fsp3) is 0.500. The molecular formula is C32H43BrN4O6. The number of Topliss-reactive ketones (excluding diaryl/α,β-unsaturated/α-hetero) is 1. The smallest absolute Gasteiger partial charge is 0.341 e. The van der Waals surface area contributed by atoms with Crippen LogP contribution in [-0.2, 0) is 28.0 Å². The van der Waals surface area contributed by atoms with Crippen LogP contribution in [0.15, 0.2) is 24.3 Å². The molecule has 1 fully saturated rings. The van der Waals surface area contributed by atoms with Crippen molar-refractivity contribution in [2.45, 2.75) is 65.3 Å². The van der Waals surface area contributed by atoms with Gasteiger partial charge in [0.05, 0.1) is 24.4 Å². The average Bonchev–Trinajstić information content (AvgIpc) is 3.58. The highest BCUT2D eigenvalue weighted by atomic mass is 79.9. The van der Waals surface area contributed by atoms with Crippen LogP contribution < -0.4 is 19.7 Å². The minimum atomic E-state index is -1.02. The number of carboxylic acid groups (broad SMARTS) is 1. The van der Waals surface area contributed by atoms with Crippen LogP contribution in [0.25, 0.3) is 0 Å². The molecule has 2 aromatic rings. The van der Waals surface area contributed by atoms with E-state index in [9.17, 15) is 19.5 Å². The molecule has 234 valence electrons. The van der Waals surface area contributed by atoms with Crippen LogP contribution in [0.4, 0.5) is 5.69 Å². The molecule has 1 amide bonds. The second kappa shape index (κ2) is 14.2. The summed E-state index contributed by atoms with van der Waals surface area (Å²) in [4.78, 5) is 40.9. The molecule has 0 aromatic heterocycles. The SMILES string of the molecule is Br.CCOc1cc2c(cc1C(=O)NC)C(=N)N(CC(=O)CCc1cc(N3CCCC3)c(OCC(=O)O)c(C(C)(C)C)c1)C2. The standard InChI is InChI=1S/C32H42N4O6.BrH/c1-6-41-27-15-21-17-36(30(33)23(21)16-24(27)31(40)34-5)18-22(37)10-9-20-13-25(32(2,3)4)29(42-19-28(38)39)26(14-20)35-11-7-8-12-35;/h13-16,33H,6-12,17-19H2,1-5H3,(H,34,40)(H,38,39);1H. The molecule has 11 heteroatoms. The maximum Gasteiger partial charge on any atom is 0.341 e. The topological polar surface area (TPSA) is 132 Å². The Balaban J connectivity index is 0.00000506. The van der Waals surface area contributed by atoms with Gasteiger partial charge in [0.15, 0.2) is 12.4 Å². The number of benzene rings is 2. The third-order valence-electron chi connectivity index (χ3n) is 7.69. The molecule has 2 aliphatic rings. The number of rotatable bonds is 12. The molecule has 0 aliphatic carbocycles. The minimum Gasteiger partial charge on any atom is -0.493 e. The van der Waals surface area contributed by atoms with Crippen molar-refractivity contribution in [3.8, 4) is 11.5 Å². The number of amides is 1. The number of ketones is 1. The van der Waals surface area contributed by atoms with Gasteiger partial charge in [-0.3, -0.25) is 15.0 Å². The van der Waals surface area contributed by atoms with Crippen molar-refractivity contribution in [2.75, 3.05) is 44.8 Å². The highest BCUT2D eigenvalue weighted by Gasteiger charge is 2.30. The largest absolute Gasteiger partial charge is 0.493 e. The summed E-state index contributed by atoms with van der Waals surface area (Å²) in [5.74, 6) is -0.00642. The molecule has 2 aromatic carbocycles. The molecular weight excluding hydrogens is 616 g/mol. The fourth-order valence-corrected chi connectivity index (χ4v) is 5.58. The molecule has 3 N–H and O–H groups in total. The van der Waals surface area contributed by atoms with Crippen LogP contribution in [-0.4, -0.2) is 73.4 Å². The molecule has 0 spiro atoms. The van der Waals surface area contributed by atoms with E-state index in [1.165, 1.54) is 0 Å². The zero-order valence-corrected chi connectivity index (χ0v) is 27.4. The number of fused-ring (bicyclic) bond motifs is 1. The Labute approximate surface area is 264 Å². The first-order chi connectivity index (χ1) is 19.9. The quantitative estimate of drug-likeness (QED) is 0.298. The predicted molar refractivity (Wildman–Crippen MR) is 172 cm³/mol. The van der Waals surface area contributed by atoms with E-state index in [2.05, 4.69) is 31.0 Å². The number of ether oxygens (including phenoxy) is 2. The van der Waals surface area contributed by atoms with Crippen molar-refractivity contribution in [3.63, 3.8) is 0 Å². The number of nitrogens with one attached hydrogen (secondary N) is 2. The van der Waals surface area contributed by atoms with E-state index in [1.54, 1.807) is 24.1 Å². The van der Waals surface area contributed by atoms with E-state index < -0.39 is 12.6 Å². The van der Waals surface area contributed by atoms with E-state index in [0.29, 0.717) is 48.6 Å². The van der Waals surface area contributed by atoms with Gasteiger partial charge in [-0.15, -0.1) is 17.0 Å². The Morgan fingerprint density at radius 2 is 1.77 bits per heavy atom. The Morgan fingerprint density at radius 3 is 2.37 bits per heavy atom. The van der Waals surface area contributed by atoms with Crippen LogP contribution in [0.3, 0.4) is 0 Å². The number of carbonyl (C=O) groups is 3. The van der Waals surface area contributed by atoms with Gasteiger partial charge in [-0.25, -0.2) is 4.79 Å². The molecule has 43 heavy (non-hydrogen) atoms. The average molecular weight is 660 g/mol. The third-order valence-corrected chi connectivity index (χ3v) is 7.69. The number of anilines is 1. The van der Waals surface area contributed by atoms with Crippen molar-refractivity contribution in [1.29, 1.82) is 5.41 Å². The van der Waals surface area contributed by atoms with Crippen LogP contribution in [0.2, 0.25) is 0 Å². The van der Waals surface area contributed by atoms with E-state index >= 15 is 0 Å². The van der Waals surface area contributed by atoms with Crippen LogP contribution in [0.1, 0.15) is 79.6 Å². The highest BCUT2D eigenvalue weighted by Crippen LogP contribution is 2.41. The Morgan fingerprint density at radius 1 is 1.07 bits per heavy atom. The summed E-state index contributed by atoms with van der Waals surface area (Å²) in [6.45, 7) is 10.3. The maximum absolute atomic E-state index is 13.2. The van der Waals surface area contributed by atoms with Crippen LogP contribution >= 0.6 is 17.0 Å². The molecule has 10 nitrogen and oxygen atoms in total. The van der Waals surface area contributed by atoms with Gasteiger partial charge < -0.3 is 29.7 Å². The predicted octanol–water partition coefficient (Wildman–Crippen LogP) is 4.73. The van der Waals surface area contributed by atoms with Gasteiger partial charge in [-0.2, -0.15) is 0 Å². The number of aliphatic carboxylic acids is 1. The molecule has 0 unspecified atom stereocenters. The number of hydrogen-bond donors (Lipinski definition) is 3. The number of nitrogens with zero attached hydrogens (tertiary/aromatic N) is 2. The first-order valence-corrected chi connectivity index (χ1v) is 14.6. The molecule has 0 atom stereocenters. The third kappa shape index (κ3) is 7.87. The van der Waals surface area contributed by atoms with E-state index in [1.807, 2.05) is 19.1 Å². The molecule has 2 heterocycles. The molecule has 1 saturated heterocycles. The van der Waals surface area contributed by atoms with Gasteiger partial charge in [0.1, 0.15) is 17.3 Å². The number of hydrogen-bond acceptors (Lipinski definition) is 7. The summed E-state index contributed by atoms with van der Waals surface area (Å²) < 4.78 is 11.5. The van der Waals surface area contributed by atoms with E-state index in [4.69, 9.17) is 14.9 Å². The number of aryl methyl sites for hydroxylation is 1. The van der Waals surface area contributed by atoms with Crippen LogP contribution in [0.5, 0.6) is 11.5 Å². The lowest BCUT2D eigenvalue weighted by molar-refractivity contribution is -0.139. The van der Waals surface area contributed by atoms with E-state index in [-0.39, 0.29) is 46.5 Å². The molecule has 2 aliphatic heterocycles. The summed E-state index contributed by atoms with van der Waals surface area (Å²) in [5, 5.41) is 20.6. The van der Waals surface area contributed by atoms with Crippen molar-refractivity contribution in [3.05, 3.63) is 52.1 Å². The lowest BCUT2D eigenvalue weighted by Gasteiger charge is -2.29. The minimum absolute atomic E-state index is 0. The van der Waals surface area contributed by atoms with Gasteiger partial charge in [0.25, 0.3) is 5.91 Å². The maximum atomic E-state index is 13.2.